The molecule has 27 heavy (non-hydrogen) atoms. The molecule has 2 nitrogen and oxygen atoms in total. The zero-order valence-corrected chi connectivity index (χ0v) is 14.4. The summed E-state index contributed by atoms with van der Waals surface area (Å²) in [6.45, 7) is 0. The van der Waals surface area contributed by atoms with E-state index in [0.29, 0.717) is 0 Å². The smallest absolute Gasteiger partial charge is 0.207 e. The Labute approximate surface area is 153 Å². The van der Waals surface area contributed by atoms with Crippen molar-refractivity contribution in [2.24, 2.45) is 0 Å². The summed E-state index contributed by atoms with van der Waals surface area (Å²) < 4.78 is 141. The SMILES string of the molecule is Fc1c(F)c(F)c(OP(=S)([S-])Oc2c(F)c(F)c(F)c(F)c2F)c(F)c1F. The lowest BCUT2D eigenvalue weighted by molar-refractivity contribution is 0.335. The Morgan fingerprint density at radius 2 is 0.667 bits per heavy atom. The van der Waals surface area contributed by atoms with Crippen LogP contribution in [-0.2, 0) is 24.1 Å². The predicted molar refractivity (Wildman–Crippen MR) is 75.4 cm³/mol. The van der Waals surface area contributed by atoms with Gasteiger partial charge in [0.05, 0.1) is 0 Å². The Morgan fingerprint density at radius 1 is 0.481 bits per heavy atom. The average Bonchev–Trinajstić information content (AvgIpc) is 2.62. The number of benzene rings is 2. The second kappa shape index (κ2) is 7.40. The van der Waals surface area contributed by atoms with Crippen LogP contribution < -0.4 is 9.05 Å². The highest BCUT2D eigenvalue weighted by molar-refractivity contribution is 8.51. The van der Waals surface area contributed by atoms with Crippen molar-refractivity contribution in [1.29, 1.82) is 0 Å². The highest BCUT2D eigenvalue weighted by Crippen LogP contribution is 2.50. The zero-order valence-electron chi connectivity index (χ0n) is 11.9. The van der Waals surface area contributed by atoms with Gasteiger partial charge in [-0.2, -0.15) is 17.6 Å². The molecule has 0 saturated heterocycles. The summed E-state index contributed by atoms with van der Waals surface area (Å²) in [5, 5.41) is 0. The molecule has 0 unspecified atom stereocenters. The maximum Gasteiger partial charge on any atom is 0.207 e. The molecule has 0 fully saturated rings. The fourth-order valence-electron chi connectivity index (χ4n) is 1.57. The van der Waals surface area contributed by atoms with Crippen LogP contribution in [0.25, 0.3) is 0 Å². The summed E-state index contributed by atoms with van der Waals surface area (Å²) in [5.41, 5.74) is -4.81. The number of halogens is 10. The summed E-state index contributed by atoms with van der Waals surface area (Å²) in [6.07, 6.45) is 0. The highest BCUT2D eigenvalue weighted by atomic mass is 32.9. The molecule has 2 rings (SSSR count). The molecule has 148 valence electrons. The second-order valence-corrected chi connectivity index (χ2v) is 9.27. The van der Waals surface area contributed by atoms with Crippen molar-refractivity contribution in [2.75, 3.05) is 0 Å². The first-order chi connectivity index (χ1) is 12.3. The normalized spacial score (nSPS) is 11.7. The molecule has 0 aromatic heterocycles. The average molecular weight is 461 g/mol. The monoisotopic (exact) mass is 461 g/mol. The molecule has 0 radical (unpaired) electrons. The minimum Gasteiger partial charge on any atom is -0.665 e. The summed E-state index contributed by atoms with van der Waals surface area (Å²) in [6, 6.07) is 0. The van der Waals surface area contributed by atoms with Crippen LogP contribution in [0.5, 0.6) is 11.5 Å². The number of hydrogen-bond donors (Lipinski definition) is 0. The van der Waals surface area contributed by atoms with Gasteiger partial charge in [0.2, 0.25) is 69.7 Å². The van der Waals surface area contributed by atoms with E-state index in [2.05, 4.69) is 33.1 Å². The van der Waals surface area contributed by atoms with E-state index in [4.69, 9.17) is 0 Å². The van der Waals surface area contributed by atoms with Gasteiger partial charge in [0.25, 0.3) is 0 Å². The largest absolute Gasteiger partial charge is 0.665 e. The van der Waals surface area contributed by atoms with E-state index < -0.39 is 75.4 Å². The maximum absolute atomic E-state index is 13.5. The van der Waals surface area contributed by atoms with Crippen LogP contribution in [0.1, 0.15) is 0 Å². The third kappa shape index (κ3) is 3.83. The molecule has 2 aromatic rings. The predicted octanol–water partition coefficient (Wildman–Crippen LogP) is 5.31. The van der Waals surface area contributed by atoms with Crippen LogP contribution >= 0.6 is 5.69 Å². The molecule has 0 heterocycles. The molecular formula is C12F10O2PS2-. The molecule has 0 saturated carbocycles. The van der Waals surface area contributed by atoms with Crippen molar-refractivity contribution in [2.45, 2.75) is 0 Å². The Morgan fingerprint density at radius 3 is 0.889 bits per heavy atom. The summed E-state index contributed by atoms with van der Waals surface area (Å²) >= 11 is 8.64. The fraction of sp³-hybridized carbons (Fsp3) is 0. The summed E-state index contributed by atoms with van der Waals surface area (Å²) in [4.78, 5) is 0. The van der Waals surface area contributed by atoms with E-state index in [1.807, 2.05) is 0 Å². The molecule has 15 heteroatoms. The van der Waals surface area contributed by atoms with Gasteiger partial charge in [0, 0.05) is 0 Å². The zero-order chi connectivity index (χ0) is 20.8. The van der Waals surface area contributed by atoms with E-state index in [-0.39, 0.29) is 0 Å². The molecular weight excluding hydrogens is 461 g/mol. The van der Waals surface area contributed by atoms with Crippen LogP contribution in [0.2, 0.25) is 0 Å². The van der Waals surface area contributed by atoms with Crippen LogP contribution in [0.3, 0.4) is 0 Å². The van der Waals surface area contributed by atoms with Crippen molar-refractivity contribution in [3.8, 4) is 11.5 Å². The molecule has 2 aromatic carbocycles. The van der Waals surface area contributed by atoms with Crippen molar-refractivity contribution in [3.63, 3.8) is 0 Å². The van der Waals surface area contributed by atoms with Gasteiger partial charge in [0.1, 0.15) is 0 Å². The molecule has 0 aliphatic heterocycles. The van der Waals surface area contributed by atoms with Gasteiger partial charge in [-0.1, -0.05) is 0 Å². The van der Waals surface area contributed by atoms with Crippen LogP contribution in [-0.4, -0.2) is 0 Å². The number of rotatable bonds is 4. The molecule has 0 bridgehead atoms. The molecule has 0 atom stereocenters. The van der Waals surface area contributed by atoms with E-state index >= 15 is 0 Å². The van der Waals surface area contributed by atoms with Crippen LogP contribution in [0, 0.1) is 58.2 Å². The van der Waals surface area contributed by atoms with Gasteiger partial charge >= 0.3 is 0 Å². The molecule has 0 aliphatic rings. The van der Waals surface area contributed by atoms with Crippen molar-refractivity contribution in [1.82, 2.24) is 0 Å². The molecule has 0 amide bonds. The van der Waals surface area contributed by atoms with E-state index in [9.17, 15) is 43.9 Å². The Bertz CT molecular complexity index is 866. The van der Waals surface area contributed by atoms with Gasteiger partial charge < -0.3 is 21.3 Å². The third-order valence-electron chi connectivity index (χ3n) is 2.75. The number of hydrogen-bond acceptors (Lipinski definition) is 4. The lowest BCUT2D eigenvalue weighted by Crippen LogP contribution is -2.10. The summed E-state index contributed by atoms with van der Waals surface area (Å²) in [5.74, 6) is -29.3. The van der Waals surface area contributed by atoms with E-state index in [1.165, 1.54) is 0 Å². The van der Waals surface area contributed by atoms with Crippen molar-refractivity contribution in [3.05, 3.63) is 58.2 Å². The van der Waals surface area contributed by atoms with Crippen molar-refractivity contribution < 1.29 is 53.0 Å². The Hall–Kier alpha value is -1.66. The maximum atomic E-state index is 13.5. The third-order valence-corrected chi connectivity index (χ3v) is 4.45. The van der Waals surface area contributed by atoms with Crippen LogP contribution in [0.15, 0.2) is 0 Å². The highest BCUT2D eigenvalue weighted by Gasteiger charge is 2.31. The fourth-order valence-corrected chi connectivity index (χ4v) is 3.27. The first-order valence-corrected chi connectivity index (χ1v) is 9.68. The first-order valence-electron chi connectivity index (χ1n) is 6.03. The molecule has 0 aliphatic carbocycles. The summed E-state index contributed by atoms with van der Waals surface area (Å²) in [7, 11) is 0. The van der Waals surface area contributed by atoms with Gasteiger partial charge in [-0.3, -0.25) is 0 Å². The lowest BCUT2D eigenvalue weighted by Gasteiger charge is -2.29. The second-order valence-electron chi connectivity index (χ2n) is 4.43. The minimum atomic E-state index is -4.81. The standard InChI is InChI=1S/C12HF10O2PS2/c13-1-3(15)7(19)11(8(20)4(1)16)23-25(26,27)24-12-9(21)5(17)2(14)6(18)10(12)22/h(H,26,27)/p-1. The van der Waals surface area contributed by atoms with Gasteiger partial charge in [0.15, 0.2) is 5.69 Å². The lowest BCUT2D eigenvalue weighted by atomic mass is 10.3. The topological polar surface area (TPSA) is 18.5 Å². The molecule has 0 N–H and O–H groups in total. The van der Waals surface area contributed by atoms with Gasteiger partial charge in [-0.05, 0) is 11.8 Å². The first kappa shape index (κ1) is 21.6. The van der Waals surface area contributed by atoms with Crippen molar-refractivity contribution >= 4 is 29.7 Å². The quantitative estimate of drug-likeness (QED) is 0.202. The Kier molecular flexibility index (Phi) is 5.93. The Balaban J connectivity index is 2.51. The van der Waals surface area contributed by atoms with E-state index in [0.717, 1.165) is 0 Å². The van der Waals surface area contributed by atoms with Crippen LogP contribution in [0.4, 0.5) is 43.9 Å². The van der Waals surface area contributed by atoms with E-state index in [1.54, 1.807) is 0 Å². The minimum absolute atomic E-state index is 2.05. The van der Waals surface area contributed by atoms with Gasteiger partial charge in [-0.25, -0.2) is 26.3 Å². The van der Waals surface area contributed by atoms with Gasteiger partial charge in [-0.15, -0.1) is 0 Å². The molecule has 0 spiro atoms.